The minimum Gasteiger partial charge on any atom is -0.323 e. The number of azo groups is 2. The van der Waals surface area contributed by atoms with Crippen LogP contribution in [-0.2, 0) is 43.8 Å². The van der Waals surface area contributed by atoms with E-state index in [1.165, 1.54) is 50.2 Å². The van der Waals surface area contributed by atoms with E-state index in [-0.39, 0.29) is 32.5 Å². The molecule has 0 bridgehead atoms. The van der Waals surface area contributed by atoms with Gasteiger partial charge in [-0.1, -0.05) is 61.3 Å². The molecule has 4 amide bonds. The Morgan fingerprint density at radius 3 is 1.19 bits per heavy atom. The van der Waals surface area contributed by atoms with Crippen molar-refractivity contribution in [1.29, 1.82) is 0 Å². The Labute approximate surface area is 389 Å². The van der Waals surface area contributed by atoms with Gasteiger partial charge in [-0.05, 0) is 122 Å². The maximum Gasteiger partial charge on any atom is 0.258 e. The Morgan fingerprint density at radius 1 is 0.516 bits per heavy atom. The number of alkyl halides is 2. The highest BCUT2D eigenvalue weighted by Crippen LogP contribution is 2.30. The lowest BCUT2D eigenvalue weighted by atomic mass is 9.98. The van der Waals surface area contributed by atoms with Crippen molar-refractivity contribution in [2.45, 2.75) is 64.4 Å². The van der Waals surface area contributed by atoms with Crippen molar-refractivity contribution >= 4 is 116 Å². The number of carbonyl (C=O) groups excluding carboxylic acids is 6. The fraction of sp³-hybridized carbons (Fsp3) is 0.217. The second kappa shape index (κ2) is 22.9. The van der Waals surface area contributed by atoms with E-state index in [1.807, 2.05) is 13.8 Å². The first kappa shape index (κ1) is 48.7. The number of rotatable bonds is 18. The lowest BCUT2D eigenvalue weighted by Gasteiger charge is -2.20. The molecule has 0 heterocycles. The summed E-state index contributed by atoms with van der Waals surface area (Å²) in [5.74, 6) is -3.04. The number of halogens is 4. The number of nitrogens with one attached hydrogen (secondary N) is 4. The van der Waals surface area contributed by atoms with Crippen molar-refractivity contribution in [3.05, 3.63) is 140 Å². The zero-order chi connectivity index (χ0) is 46.5. The van der Waals surface area contributed by atoms with Crippen LogP contribution in [0.3, 0.4) is 0 Å². The maximum atomic E-state index is 13.6. The smallest absolute Gasteiger partial charge is 0.258 e. The van der Waals surface area contributed by atoms with Gasteiger partial charge in [0.2, 0.25) is 12.1 Å². The number of hydrogen-bond acceptors (Lipinski definition) is 10. The molecule has 0 aliphatic rings. The van der Waals surface area contributed by atoms with Crippen molar-refractivity contribution in [3.8, 4) is 0 Å². The fourth-order valence-electron chi connectivity index (χ4n) is 6.31. The number of carbonyl (C=O) groups is 6. The lowest BCUT2D eigenvalue weighted by molar-refractivity contribution is -0.127. The first-order valence-electron chi connectivity index (χ1n) is 19.8. The van der Waals surface area contributed by atoms with Gasteiger partial charge in [-0.25, -0.2) is 0 Å². The van der Waals surface area contributed by atoms with E-state index >= 15 is 0 Å². The SMILES string of the molecule is CCc1c(NC(=O)C(N=Nc2cc(Cl)cc(C(=O)Nc3ccc(CCl)cc3)c2)C(C)=O)ccc(NC(=O)C(N=Nc2cc(Cl)cc(C(=O)Nc3ccc(CCl)cc3)c2)C(C)=O)c1CC. The molecule has 5 aromatic carbocycles. The monoisotopic (exact) mass is 942 g/mol. The number of Topliss-reactive ketones (excluding diaryl/α,β-unsaturated/α-hetero) is 2. The predicted molar refractivity (Wildman–Crippen MR) is 251 cm³/mol. The summed E-state index contributed by atoms with van der Waals surface area (Å²) in [5, 5.41) is 27.7. The number of anilines is 4. The van der Waals surface area contributed by atoms with Gasteiger partial charge in [0.15, 0.2) is 11.6 Å². The van der Waals surface area contributed by atoms with Crippen LogP contribution in [0, 0.1) is 0 Å². The third-order valence-electron chi connectivity index (χ3n) is 9.52. The molecule has 0 saturated heterocycles. The molecule has 4 N–H and O–H groups in total. The second-order valence-electron chi connectivity index (χ2n) is 14.2. The largest absolute Gasteiger partial charge is 0.323 e. The highest BCUT2D eigenvalue weighted by atomic mass is 35.5. The average molecular weight is 945 g/mol. The van der Waals surface area contributed by atoms with E-state index in [2.05, 4.69) is 41.7 Å². The number of benzene rings is 5. The highest BCUT2D eigenvalue weighted by Gasteiger charge is 2.27. The molecule has 0 aliphatic carbocycles. The molecule has 18 heteroatoms. The molecule has 0 aliphatic heterocycles. The predicted octanol–water partition coefficient (Wildman–Crippen LogP) is 11.5. The second-order valence-corrected chi connectivity index (χ2v) is 15.6. The van der Waals surface area contributed by atoms with Gasteiger partial charge < -0.3 is 21.3 Å². The minimum absolute atomic E-state index is 0.130. The summed E-state index contributed by atoms with van der Waals surface area (Å²) in [6.07, 6.45) is 0.802. The summed E-state index contributed by atoms with van der Waals surface area (Å²) in [6, 6.07) is 22.5. The molecule has 0 radical (unpaired) electrons. The highest BCUT2D eigenvalue weighted by molar-refractivity contribution is 6.31. The normalized spacial score (nSPS) is 12.1. The maximum absolute atomic E-state index is 13.6. The van der Waals surface area contributed by atoms with E-state index in [1.54, 1.807) is 60.7 Å². The summed E-state index contributed by atoms with van der Waals surface area (Å²) in [5.41, 5.74) is 5.45. The molecule has 0 saturated carbocycles. The first-order valence-corrected chi connectivity index (χ1v) is 21.6. The van der Waals surface area contributed by atoms with Crippen molar-refractivity contribution in [2.75, 3.05) is 21.3 Å². The third kappa shape index (κ3) is 13.1. The first-order chi connectivity index (χ1) is 30.6. The molecule has 14 nitrogen and oxygen atoms in total. The number of hydrogen-bond donors (Lipinski definition) is 4. The van der Waals surface area contributed by atoms with Crippen molar-refractivity contribution < 1.29 is 28.8 Å². The molecule has 5 aromatic rings. The van der Waals surface area contributed by atoms with Crippen LogP contribution in [0.1, 0.15) is 70.7 Å². The summed E-state index contributed by atoms with van der Waals surface area (Å²) >= 11 is 24.3. The molecule has 2 atom stereocenters. The summed E-state index contributed by atoms with van der Waals surface area (Å²) in [7, 11) is 0. The van der Waals surface area contributed by atoms with Gasteiger partial charge in [0, 0.05) is 55.7 Å². The Hall–Kier alpha value is -6.32. The van der Waals surface area contributed by atoms with Crippen LogP contribution in [0.2, 0.25) is 10.0 Å². The Morgan fingerprint density at radius 2 is 0.875 bits per heavy atom. The van der Waals surface area contributed by atoms with E-state index in [0.29, 0.717) is 58.5 Å². The van der Waals surface area contributed by atoms with Crippen LogP contribution in [0.15, 0.2) is 118 Å². The summed E-state index contributed by atoms with van der Waals surface area (Å²) < 4.78 is 0. The van der Waals surface area contributed by atoms with Gasteiger partial charge in [-0.2, -0.15) is 20.5 Å². The van der Waals surface area contributed by atoms with E-state index in [0.717, 1.165) is 11.1 Å². The van der Waals surface area contributed by atoms with Crippen molar-refractivity contribution in [3.63, 3.8) is 0 Å². The van der Waals surface area contributed by atoms with Crippen molar-refractivity contribution in [1.82, 2.24) is 0 Å². The third-order valence-corrected chi connectivity index (χ3v) is 10.6. The van der Waals surface area contributed by atoms with Crippen molar-refractivity contribution in [2.24, 2.45) is 20.5 Å². The number of amides is 4. The van der Waals surface area contributed by atoms with Crippen LogP contribution < -0.4 is 21.3 Å². The molecule has 0 fully saturated rings. The summed E-state index contributed by atoms with van der Waals surface area (Å²) in [4.78, 5) is 78.6. The van der Waals surface area contributed by atoms with Gasteiger partial charge in [0.1, 0.15) is 0 Å². The standard InChI is InChI=1S/C46H42Cl4N8O6/c1-5-37-38(6-2)40(54-46(64)42(26(4)60)58-56-36-20-30(18-32(50)22-36)44(62)52-34-13-9-28(24-48)10-14-34)16-15-39(37)53-45(63)41(25(3)59)57-55-35-19-29(17-31(49)21-35)43(61)51-33-11-7-27(23-47)8-12-33/h7-22,41-42H,5-6,23-24H2,1-4H3,(H,51,61)(H,52,62)(H,53,63)(H,54,64). The quantitative estimate of drug-likeness (QED) is 0.0382. The van der Waals surface area contributed by atoms with Crippen LogP contribution in [0.5, 0.6) is 0 Å². The molecule has 330 valence electrons. The van der Waals surface area contributed by atoms with Gasteiger partial charge in [0.25, 0.3) is 23.6 Å². The molecule has 2 unspecified atom stereocenters. The van der Waals surface area contributed by atoms with Gasteiger partial charge in [0.05, 0.1) is 11.4 Å². The molecule has 5 rings (SSSR count). The fourth-order valence-corrected chi connectivity index (χ4v) is 7.12. The zero-order valence-electron chi connectivity index (χ0n) is 35.0. The van der Waals surface area contributed by atoms with Gasteiger partial charge in [-0.3, -0.25) is 28.8 Å². The van der Waals surface area contributed by atoms with Crippen LogP contribution in [0.4, 0.5) is 34.1 Å². The average Bonchev–Trinajstić information content (AvgIpc) is 3.26. The number of nitrogens with zero attached hydrogens (tertiary/aromatic N) is 4. The topological polar surface area (TPSA) is 200 Å². The van der Waals surface area contributed by atoms with Gasteiger partial charge >= 0.3 is 0 Å². The molecular weight excluding hydrogens is 902 g/mol. The van der Waals surface area contributed by atoms with Crippen LogP contribution >= 0.6 is 46.4 Å². The Kier molecular flexibility index (Phi) is 17.4. The molecule has 0 spiro atoms. The van der Waals surface area contributed by atoms with E-state index < -0.39 is 47.3 Å². The minimum atomic E-state index is -1.56. The van der Waals surface area contributed by atoms with E-state index in [4.69, 9.17) is 46.4 Å². The summed E-state index contributed by atoms with van der Waals surface area (Å²) in [6.45, 7) is 6.09. The Balaban J connectivity index is 1.29. The molecule has 64 heavy (non-hydrogen) atoms. The molecular formula is C46H42Cl4N8O6. The number of ketones is 2. The lowest BCUT2D eigenvalue weighted by Crippen LogP contribution is -2.33. The van der Waals surface area contributed by atoms with Crippen LogP contribution in [0.25, 0.3) is 0 Å². The van der Waals surface area contributed by atoms with Gasteiger partial charge in [-0.15, -0.1) is 23.2 Å². The van der Waals surface area contributed by atoms with Crippen LogP contribution in [-0.4, -0.2) is 47.3 Å². The zero-order valence-corrected chi connectivity index (χ0v) is 38.0. The van der Waals surface area contributed by atoms with E-state index in [9.17, 15) is 28.8 Å². The Bertz CT molecular complexity index is 2460. The molecule has 0 aromatic heterocycles.